The van der Waals surface area contributed by atoms with Crippen LogP contribution in [0.15, 0.2) is 66.7 Å². The van der Waals surface area contributed by atoms with Gasteiger partial charge in [0.2, 0.25) is 0 Å². The Bertz CT molecular complexity index is 1110. The van der Waals surface area contributed by atoms with Crippen LogP contribution in [0.4, 0.5) is 11.4 Å². The third kappa shape index (κ3) is 4.98. The number of halogens is 1. The zero-order valence-electron chi connectivity index (χ0n) is 16.9. The molecule has 1 aliphatic heterocycles. The van der Waals surface area contributed by atoms with Crippen molar-refractivity contribution in [2.75, 3.05) is 23.4 Å². The van der Waals surface area contributed by atoms with Crippen molar-refractivity contribution in [1.29, 1.82) is 0 Å². The summed E-state index contributed by atoms with van der Waals surface area (Å²) in [5, 5.41) is 3.40. The smallest absolute Gasteiger partial charge is 0.265 e. The number of rotatable bonds is 6. The highest BCUT2D eigenvalue weighted by Gasteiger charge is 2.26. The molecule has 0 fully saturated rings. The number of fused-ring (bicyclic) bond motifs is 1. The molecular formula is C24H21ClN2O4. The van der Waals surface area contributed by atoms with Crippen LogP contribution in [-0.2, 0) is 16.1 Å². The Balaban J connectivity index is 1.47. The average Bonchev–Trinajstić information content (AvgIpc) is 2.77. The Morgan fingerprint density at radius 2 is 1.90 bits per heavy atom. The number of amides is 2. The molecule has 3 aromatic carbocycles. The van der Waals surface area contributed by atoms with E-state index in [0.29, 0.717) is 34.4 Å². The van der Waals surface area contributed by atoms with Gasteiger partial charge in [0.15, 0.2) is 13.2 Å². The van der Waals surface area contributed by atoms with Crippen LogP contribution in [-0.4, -0.2) is 25.0 Å². The predicted molar refractivity (Wildman–Crippen MR) is 120 cm³/mol. The summed E-state index contributed by atoms with van der Waals surface area (Å²) in [6, 6.07) is 19.9. The van der Waals surface area contributed by atoms with Crippen molar-refractivity contribution >= 4 is 34.8 Å². The van der Waals surface area contributed by atoms with Crippen LogP contribution in [0.2, 0.25) is 5.02 Å². The second-order valence-electron chi connectivity index (χ2n) is 7.17. The summed E-state index contributed by atoms with van der Waals surface area (Å²) in [7, 11) is 0. The SMILES string of the molecule is Cc1ccccc1CN1C(=O)COc2ccc(NC(=O)COc3ccc(Cl)cc3)cc21. The number of hydrogen-bond donors (Lipinski definition) is 1. The molecule has 0 aliphatic carbocycles. The van der Waals surface area contributed by atoms with Gasteiger partial charge in [0.05, 0.1) is 12.2 Å². The summed E-state index contributed by atoms with van der Waals surface area (Å²) in [4.78, 5) is 26.6. The Morgan fingerprint density at radius 1 is 1.13 bits per heavy atom. The molecule has 0 saturated carbocycles. The van der Waals surface area contributed by atoms with E-state index in [1.54, 1.807) is 47.4 Å². The molecule has 1 heterocycles. The molecule has 0 unspecified atom stereocenters. The Labute approximate surface area is 185 Å². The van der Waals surface area contributed by atoms with E-state index in [1.807, 2.05) is 31.2 Å². The number of ether oxygens (including phenoxy) is 2. The van der Waals surface area contributed by atoms with Gasteiger partial charge in [0, 0.05) is 10.7 Å². The number of aryl methyl sites for hydroxylation is 1. The van der Waals surface area contributed by atoms with Gasteiger partial charge in [-0.3, -0.25) is 9.59 Å². The van der Waals surface area contributed by atoms with E-state index in [2.05, 4.69) is 5.32 Å². The highest BCUT2D eigenvalue weighted by Crippen LogP contribution is 2.35. The van der Waals surface area contributed by atoms with Gasteiger partial charge >= 0.3 is 0 Å². The predicted octanol–water partition coefficient (Wildman–Crippen LogP) is 4.59. The van der Waals surface area contributed by atoms with E-state index in [-0.39, 0.29) is 25.0 Å². The lowest BCUT2D eigenvalue weighted by Crippen LogP contribution is -2.38. The van der Waals surface area contributed by atoms with Gasteiger partial charge in [-0.05, 0) is 60.5 Å². The van der Waals surface area contributed by atoms with Crippen LogP contribution in [0.1, 0.15) is 11.1 Å². The fourth-order valence-corrected chi connectivity index (χ4v) is 3.41. The van der Waals surface area contributed by atoms with Crippen LogP contribution >= 0.6 is 11.6 Å². The highest BCUT2D eigenvalue weighted by atomic mass is 35.5. The summed E-state index contributed by atoms with van der Waals surface area (Å²) >= 11 is 5.85. The lowest BCUT2D eigenvalue weighted by molar-refractivity contribution is -0.121. The van der Waals surface area contributed by atoms with E-state index in [1.165, 1.54) is 0 Å². The fraction of sp³-hybridized carbons (Fsp3) is 0.167. The summed E-state index contributed by atoms with van der Waals surface area (Å²) in [5.41, 5.74) is 3.33. The molecular weight excluding hydrogens is 416 g/mol. The van der Waals surface area contributed by atoms with E-state index >= 15 is 0 Å². The molecule has 6 nitrogen and oxygen atoms in total. The first-order valence-electron chi connectivity index (χ1n) is 9.79. The van der Waals surface area contributed by atoms with Crippen LogP contribution in [0, 0.1) is 6.92 Å². The number of anilines is 2. The molecule has 158 valence electrons. The van der Waals surface area contributed by atoms with Gasteiger partial charge in [0.1, 0.15) is 11.5 Å². The molecule has 1 N–H and O–H groups in total. The number of nitrogens with zero attached hydrogens (tertiary/aromatic N) is 1. The van der Waals surface area contributed by atoms with E-state index in [9.17, 15) is 9.59 Å². The maximum atomic E-state index is 12.6. The van der Waals surface area contributed by atoms with Gasteiger partial charge in [0.25, 0.3) is 11.8 Å². The molecule has 0 aromatic heterocycles. The highest BCUT2D eigenvalue weighted by molar-refractivity contribution is 6.30. The molecule has 3 aromatic rings. The van der Waals surface area contributed by atoms with Gasteiger partial charge in [-0.15, -0.1) is 0 Å². The molecule has 2 amide bonds. The summed E-state index contributed by atoms with van der Waals surface area (Å²) in [6.45, 7) is 2.28. The fourth-order valence-electron chi connectivity index (χ4n) is 3.29. The summed E-state index contributed by atoms with van der Waals surface area (Å²) in [6.07, 6.45) is 0. The summed E-state index contributed by atoms with van der Waals surface area (Å²) < 4.78 is 11.0. The van der Waals surface area contributed by atoms with E-state index in [4.69, 9.17) is 21.1 Å². The maximum Gasteiger partial charge on any atom is 0.265 e. The first-order valence-corrected chi connectivity index (χ1v) is 10.2. The number of carbonyl (C=O) groups excluding carboxylic acids is 2. The quantitative estimate of drug-likeness (QED) is 0.613. The molecule has 0 atom stereocenters. The van der Waals surface area contributed by atoms with Gasteiger partial charge < -0.3 is 19.7 Å². The largest absolute Gasteiger partial charge is 0.484 e. The number of benzene rings is 3. The third-order valence-corrected chi connectivity index (χ3v) is 5.21. The van der Waals surface area contributed by atoms with Crippen molar-refractivity contribution in [3.05, 3.63) is 82.9 Å². The van der Waals surface area contributed by atoms with Gasteiger partial charge in [-0.1, -0.05) is 35.9 Å². The van der Waals surface area contributed by atoms with Crippen molar-refractivity contribution in [3.8, 4) is 11.5 Å². The first kappa shape index (κ1) is 20.8. The Kier molecular flexibility index (Phi) is 6.09. The van der Waals surface area contributed by atoms with Crippen molar-refractivity contribution in [2.24, 2.45) is 0 Å². The first-order chi connectivity index (χ1) is 15.0. The zero-order chi connectivity index (χ0) is 21.8. The molecule has 0 bridgehead atoms. The van der Waals surface area contributed by atoms with Gasteiger partial charge in [-0.25, -0.2) is 0 Å². The molecule has 0 saturated heterocycles. The van der Waals surface area contributed by atoms with E-state index in [0.717, 1.165) is 11.1 Å². The van der Waals surface area contributed by atoms with Crippen LogP contribution < -0.4 is 19.7 Å². The normalized spacial score (nSPS) is 12.7. The minimum Gasteiger partial charge on any atom is -0.484 e. The Hall–Kier alpha value is -3.51. The van der Waals surface area contributed by atoms with Crippen LogP contribution in [0.5, 0.6) is 11.5 Å². The average molecular weight is 437 g/mol. The second-order valence-corrected chi connectivity index (χ2v) is 7.60. The number of hydrogen-bond acceptors (Lipinski definition) is 4. The van der Waals surface area contributed by atoms with Crippen molar-refractivity contribution < 1.29 is 19.1 Å². The molecule has 31 heavy (non-hydrogen) atoms. The zero-order valence-corrected chi connectivity index (χ0v) is 17.7. The van der Waals surface area contributed by atoms with E-state index < -0.39 is 0 Å². The number of carbonyl (C=O) groups is 2. The second kappa shape index (κ2) is 9.10. The lowest BCUT2D eigenvalue weighted by atomic mass is 10.1. The van der Waals surface area contributed by atoms with Crippen LogP contribution in [0.25, 0.3) is 0 Å². The standard InChI is InChI=1S/C24H21ClN2O4/c1-16-4-2-3-5-17(16)13-27-21-12-19(8-11-22(21)31-15-24(27)29)26-23(28)14-30-20-9-6-18(25)7-10-20/h2-12H,13-15H2,1H3,(H,26,28). The minimum atomic E-state index is -0.316. The summed E-state index contributed by atoms with van der Waals surface area (Å²) in [5.74, 6) is 0.700. The molecule has 0 spiro atoms. The van der Waals surface area contributed by atoms with Crippen molar-refractivity contribution in [2.45, 2.75) is 13.5 Å². The molecule has 7 heteroatoms. The molecule has 0 radical (unpaired) electrons. The van der Waals surface area contributed by atoms with Crippen molar-refractivity contribution in [3.63, 3.8) is 0 Å². The van der Waals surface area contributed by atoms with Gasteiger partial charge in [-0.2, -0.15) is 0 Å². The minimum absolute atomic E-state index is 0.0144. The lowest BCUT2D eigenvalue weighted by Gasteiger charge is -2.30. The molecule has 4 rings (SSSR count). The monoisotopic (exact) mass is 436 g/mol. The molecule has 1 aliphatic rings. The number of nitrogens with one attached hydrogen (secondary N) is 1. The topological polar surface area (TPSA) is 67.9 Å². The Morgan fingerprint density at radius 3 is 2.68 bits per heavy atom. The van der Waals surface area contributed by atoms with Crippen molar-refractivity contribution in [1.82, 2.24) is 0 Å². The third-order valence-electron chi connectivity index (χ3n) is 4.96. The maximum absolute atomic E-state index is 12.6. The van der Waals surface area contributed by atoms with Crippen LogP contribution in [0.3, 0.4) is 0 Å².